The van der Waals surface area contributed by atoms with Crippen LogP contribution in [0.15, 0.2) is 6.07 Å². The van der Waals surface area contributed by atoms with Crippen LogP contribution in [0.25, 0.3) is 0 Å². The molecular formula is C12H20ClN3O. The molecule has 0 fully saturated rings. The van der Waals surface area contributed by atoms with Crippen molar-refractivity contribution in [2.24, 2.45) is 0 Å². The highest BCUT2D eigenvalue weighted by atomic mass is 35.5. The van der Waals surface area contributed by atoms with Crippen molar-refractivity contribution >= 4 is 17.4 Å². The van der Waals surface area contributed by atoms with E-state index in [4.69, 9.17) is 16.3 Å². The number of nitrogens with one attached hydrogen (secondary N) is 1. The summed E-state index contributed by atoms with van der Waals surface area (Å²) in [6.45, 7) is 9.31. The third-order valence-corrected chi connectivity index (χ3v) is 2.72. The number of nitrogens with zero attached hydrogens (tertiary/aromatic N) is 2. The lowest BCUT2D eigenvalue weighted by Crippen LogP contribution is -2.30. The Labute approximate surface area is 108 Å². The second kappa shape index (κ2) is 6.17. The van der Waals surface area contributed by atoms with E-state index in [1.54, 1.807) is 6.07 Å². The topological polar surface area (TPSA) is 47.0 Å². The van der Waals surface area contributed by atoms with Gasteiger partial charge in [-0.25, -0.2) is 9.97 Å². The van der Waals surface area contributed by atoms with Crippen molar-refractivity contribution in [1.29, 1.82) is 0 Å². The number of hydrogen-bond donors (Lipinski definition) is 1. The van der Waals surface area contributed by atoms with E-state index < -0.39 is 0 Å². The van der Waals surface area contributed by atoms with Gasteiger partial charge in [0.1, 0.15) is 17.6 Å². The summed E-state index contributed by atoms with van der Waals surface area (Å²) in [6, 6.07) is 1.73. The van der Waals surface area contributed by atoms with E-state index >= 15 is 0 Å². The maximum absolute atomic E-state index is 5.95. The first-order valence-electron chi connectivity index (χ1n) is 5.86. The molecule has 17 heavy (non-hydrogen) atoms. The summed E-state index contributed by atoms with van der Waals surface area (Å²) < 4.78 is 5.27. The molecule has 0 atom stereocenters. The van der Waals surface area contributed by atoms with E-state index in [1.807, 2.05) is 6.92 Å². The van der Waals surface area contributed by atoms with Crippen molar-refractivity contribution in [1.82, 2.24) is 9.97 Å². The predicted octanol–water partition coefficient (Wildman–Crippen LogP) is 3.27. The predicted molar refractivity (Wildman–Crippen MR) is 70.4 cm³/mol. The number of hydrogen-bond acceptors (Lipinski definition) is 4. The molecule has 0 aromatic carbocycles. The van der Waals surface area contributed by atoms with E-state index in [2.05, 4.69) is 36.1 Å². The van der Waals surface area contributed by atoms with Gasteiger partial charge in [-0.1, -0.05) is 18.5 Å². The first-order chi connectivity index (χ1) is 7.96. The number of aromatic nitrogens is 2. The molecule has 0 aliphatic carbocycles. The molecule has 4 nitrogen and oxygen atoms in total. The Kier molecular flexibility index (Phi) is 5.15. The minimum absolute atomic E-state index is 0.0133. The third kappa shape index (κ3) is 4.88. The van der Waals surface area contributed by atoms with Crippen molar-refractivity contribution in [2.75, 3.05) is 11.9 Å². The van der Waals surface area contributed by atoms with Crippen molar-refractivity contribution < 1.29 is 4.74 Å². The van der Waals surface area contributed by atoms with E-state index in [-0.39, 0.29) is 5.54 Å². The zero-order valence-corrected chi connectivity index (χ0v) is 11.6. The maximum atomic E-state index is 5.95. The molecule has 1 heterocycles. The van der Waals surface area contributed by atoms with Crippen LogP contribution in [-0.4, -0.2) is 22.1 Å². The Bertz CT molecular complexity index is 369. The summed E-state index contributed by atoms with van der Waals surface area (Å²) in [5.74, 6) is 1.35. The first-order valence-corrected chi connectivity index (χ1v) is 6.24. The smallest absolute Gasteiger partial charge is 0.158 e. The second-order valence-electron chi connectivity index (χ2n) is 4.49. The normalized spacial score (nSPS) is 11.6. The van der Waals surface area contributed by atoms with Crippen molar-refractivity contribution in [3.63, 3.8) is 0 Å². The minimum Gasteiger partial charge on any atom is -0.374 e. The standard InChI is InChI=1S/C12H20ClN3O/c1-5-12(3,4)16-10-7-9(13)14-11(15-10)8-17-6-2/h7H,5-6,8H2,1-4H3,(H,14,15,16). The molecule has 0 aliphatic heterocycles. The summed E-state index contributed by atoms with van der Waals surface area (Å²) in [4.78, 5) is 8.49. The van der Waals surface area contributed by atoms with Crippen LogP contribution in [0.3, 0.4) is 0 Å². The Morgan fingerprint density at radius 2 is 2.06 bits per heavy atom. The van der Waals surface area contributed by atoms with Gasteiger partial charge in [-0.15, -0.1) is 0 Å². The minimum atomic E-state index is -0.0133. The van der Waals surface area contributed by atoms with Gasteiger partial charge in [-0.3, -0.25) is 0 Å². The molecule has 0 saturated carbocycles. The lowest BCUT2D eigenvalue weighted by atomic mass is 10.0. The maximum Gasteiger partial charge on any atom is 0.158 e. The molecule has 0 spiro atoms. The van der Waals surface area contributed by atoms with E-state index in [1.165, 1.54) is 0 Å². The Morgan fingerprint density at radius 3 is 2.65 bits per heavy atom. The van der Waals surface area contributed by atoms with Gasteiger partial charge in [0, 0.05) is 18.2 Å². The Balaban J connectivity index is 2.82. The lowest BCUT2D eigenvalue weighted by Gasteiger charge is -2.25. The Hall–Kier alpha value is -0.870. The molecule has 0 amide bonds. The zero-order valence-electron chi connectivity index (χ0n) is 10.9. The van der Waals surface area contributed by atoms with Crippen LogP contribution in [0.1, 0.15) is 39.9 Å². The van der Waals surface area contributed by atoms with Gasteiger partial charge in [0.25, 0.3) is 0 Å². The molecule has 5 heteroatoms. The van der Waals surface area contributed by atoms with Gasteiger partial charge in [0.15, 0.2) is 5.82 Å². The van der Waals surface area contributed by atoms with E-state index in [0.717, 1.165) is 12.2 Å². The van der Waals surface area contributed by atoms with Crippen molar-refractivity contribution in [2.45, 2.75) is 46.3 Å². The third-order valence-electron chi connectivity index (χ3n) is 2.53. The monoisotopic (exact) mass is 257 g/mol. The summed E-state index contributed by atoms with van der Waals surface area (Å²) >= 11 is 5.95. The zero-order chi connectivity index (χ0) is 12.9. The molecule has 96 valence electrons. The second-order valence-corrected chi connectivity index (χ2v) is 4.88. The number of anilines is 1. The van der Waals surface area contributed by atoms with Crippen LogP contribution in [0, 0.1) is 0 Å². The molecule has 1 aromatic rings. The average Bonchev–Trinajstić information content (AvgIpc) is 2.25. The average molecular weight is 258 g/mol. The highest BCUT2D eigenvalue weighted by molar-refractivity contribution is 6.29. The highest BCUT2D eigenvalue weighted by Crippen LogP contribution is 2.18. The van der Waals surface area contributed by atoms with Crippen LogP contribution in [0.4, 0.5) is 5.82 Å². The van der Waals surface area contributed by atoms with Gasteiger partial charge in [-0.2, -0.15) is 0 Å². The SMILES string of the molecule is CCOCc1nc(Cl)cc(NC(C)(C)CC)n1. The number of rotatable bonds is 6. The van der Waals surface area contributed by atoms with Crippen LogP contribution in [0.2, 0.25) is 5.15 Å². The molecule has 0 saturated heterocycles. The largest absolute Gasteiger partial charge is 0.374 e. The fourth-order valence-electron chi connectivity index (χ4n) is 1.22. The fraction of sp³-hybridized carbons (Fsp3) is 0.667. The fourth-order valence-corrected chi connectivity index (χ4v) is 1.42. The van der Waals surface area contributed by atoms with Crippen LogP contribution in [-0.2, 0) is 11.3 Å². The first kappa shape index (κ1) is 14.2. The Morgan fingerprint density at radius 1 is 1.35 bits per heavy atom. The molecule has 1 rings (SSSR count). The molecule has 1 aromatic heterocycles. The number of ether oxygens (including phenoxy) is 1. The van der Waals surface area contributed by atoms with E-state index in [9.17, 15) is 0 Å². The van der Waals surface area contributed by atoms with Crippen LogP contribution < -0.4 is 5.32 Å². The lowest BCUT2D eigenvalue weighted by molar-refractivity contribution is 0.128. The highest BCUT2D eigenvalue weighted by Gasteiger charge is 2.15. The van der Waals surface area contributed by atoms with E-state index in [0.29, 0.717) is 24.2 Å². The summed E-state index contributed by atoms with van der Waals surface area (Å²) in [5.41, 5.74) is -0.0133. The molecule has 0 aliphatic rings. The molecule has 0 unspecified atom stereocenters. The van der Waals surface area contributed by atoms with Crippen LogP contribution >= 0.6 is 11.6 Å². The molecular weight excluding hydrogens is 238 g/mol. The molecule has 1 N–H and O–H groups in total. The van der Waals surface area contributed by atoms with Gasteiger partial charge in [0.2, 0.25) is 0 Å². The van der Waals surface area contributed by atoms with Gasteiger partial charge < -0.3 is 10.1 Å². The molecule has 0 radical (unpaired) electrons. The van der Waals surface area contributed by atoms with Gasteiger partial charge in [-0.05, 0) is 27.2 Å². The number of halogens is 1. The summed E-state index contributed by atoms with van der Waals surface area (Å²) in [6.07, 6.45) is 0.995. The van der Waals surface area contributed by atoms with Gasteiger partial charge >= 0.3 is 0 Å². The van der Waals surface area contributed by atoms with Crippen LogP contribution in [0.5, 0.6) is 0 Å². The quantitative estimate of drug-likeness (QED) is 0.795. The molecule has 0 bridgehead atoms. The summed E-state index contributed by atoms with van der Waals surface area (Å²) in [5, 5.41) is 3.77. The van der Waals surface area contributed by atoms with Crippen molar-refractivity contribution in [3.8, 4) is 0 Å². The van der Waals surface area contributed by atoms with Gasteiger partial charge in [0.05, 0.1) is 0 Å². The van der Waals surface area contributed by atoms with Crippen molar-refractivity contribution in [3.05, 3.63) is 17.0 Å². The summed E-state index contributed by atoms with van der Waals surface area (Å²) in [7, 11) is 0.